The zero-order chi connectivity index (χ0) is 56.1. The number of nitrogens with one attached hydrogen (secondary N) is 1. The molecule has 8 unspecified atom stereocenters. The lowest BCUT2D eigenvalue weighted by molar-refractivity contribution is -0.305. The Balaban J connectivity index is 2.64. The summed E-state index contributed by atoms with van der Waals surface area (Å²) in [5.74, 6) is -1.19. The molecule has 1 aliphatic rings. The number of allylic oxidation sites excluding steroid dienone is 7. The van der Waals surface area contributed by atoms with Crippen molar-refractivity contribution >= 4 is 11.9 Å². The first-order valence-electron chi connectivity index (χ1n) is 32.4. The van der Waals surface area contributed by atoms with E-state index in [2.05, 4.69) is 62.5 Å². The number of amides is 1. The van der Waals surface area contributed by atoms with Crippen LogP contribution < -0.4 is 5.32 Å². The molecule has 1 amide bonds. The molecule has 0 bridgehead atoms. The summed E-state index contributed by atoms with van der Waals surface area (Å²) in [6.07, 6.45) is 55.7. The largest absolute Gasteiger partial charge is 0.454 e. The molecule has 1 heterocycles. The van der Waals surface area contributed by atoms with Crippen molar-refractivity contribution in [2.24, 2.45) is 0 Å². The molecule has 0 aliphatic carbocycles. The number of unbranched alkanes of at least 4 members (excludes halogenated alkanes) is 35. The second kappa shape index (κ2) is 54.2. The highest BCUT2D eigenvalue weighted by Crippen LogP contribution is 2.26. The number of carbonyl (C=O) groups is 2. The third kappa shape index (κ3) is 42.2. The van der Waals surface area contributed by atoms with Crippen LogP contribution in [0.15, 0.2) is 48.6 Å². The van der Waals surface area contributed by atoms with E-state index >= 15 is 0 Å². The second-order valence-corrected chi connectivity index (χ2v) is 22.5. The number of rotatable bonds is 55. The van der Waals surface area contributed by atoms with Crippen molar-refractivity contribution < 1.29 is 49.3 Å². The summed E-state index contributed by atoms with van der Waals surface area (Å²) in [5, 5.41) is 57.0. The Hall–Kier alpha value is -2.38. The van der Waals surface area contributed by atoms with E-state index in [1.165, 1.54) is 173 Å². The molecule has 11 nitrogen and oxygen atoms in total. The number of esters is 1. The molecule has 1 saturated heterocycles. The lowest BCUT2D eigenvalue weighted by Gasteiger charge is -2.41. The Kier molecular flexibility index (Phi) is 51.1. The Bertz CT molecular complexity index is 1440. The quantitative estimate of drug-likeness (QED) is 0.0195. The van der Waals surface area contributed by atoms with Crippen LogP contribution in [-0.4, -0.2) is 99.6 Å². The molecule has 11 heteroatoms. The minimum absolute atomic E-state index is 0.122. The van der Waals surface area contributed by atoms with Crippen LogP contribution in [0.25, 0.3) is 0 Å². The third-order valence-corrected chi connectivity index (χ3v) is 15.2. The van der Waals surface area contributed by atoms with Gasteiger partial charge in [-0.15, -0.1) is 0 Å². The molecule has 0 aromatic rings. The molecule has 0 radical (unpaired) electrons. The van der Waals surface area contributed by atoms with Gasteiger partial charge < -0.3 is 45.1 Å². The first-order valence-corrected chi connectivity index (χ1v) is 32.4. The lowest BCUT2D eigenvalue weighted by atomic mass is 9.99. The average Bonchev–Trinajstić information content (AvgIpc) is 3.43. The number of carbonyl (C=O) groups excluding carboxylic acids is 2. The molecule has 1 rings (SSSR count). The highest BCUT2D eigenvalue weighted by molar-refractivity contribution is 5.80. The number of aliphatic hydroxyl groups is 5. The van der Waals surface area contributed by atoms with Gasteiger partial charge in [-0.25, -0.2) is 0 Å². The molecule has 0 saturated carbocycles. The smallest absolute Gasteiger partial charge is 0.306 e. The van der Waals surface area contributed by atoms with Crippen LogP contribution in [0, 0.1) is 0 Å². The SMILES string of the molecule is CCCCC/C=C\C/C=C\CCCCCCCCCCCCCC(=O)OC1C(OCC(NC(=O)C(O)CCCCCCCC/C=C\CCCCCC)C(O)/C=C/CCCCCCCCCCCCC)OC(CO)C(O)C1O. The van der Waals surface area contributed by atoms with Crippen LogP contribution in [-0.2, 0) is 23.8 Å². The molecule has 0 spiro atoms. The molecular weight excluding hydrogens is 967 g/mol. The fraction of sp³-hybridized carbons (Fsp3) is 0.848. The number of hydrogen-bond acceptors (Lipinski definition) is 10. The maximum absolute atomic E-state index is 13.4. The van der Waals surface area contributed by atoms with E-state index < -0.39 is 67.4 Å². The summed E-state index contributed by atoms with van der Waals surface area (Å²) in [5.41, 5.74) is 0. The predicted molar refractivity (Wildman–Crippen MR) is 320 cm³/mol. The van der Waals surface area contributed by atoms with Gasteiger partial charge in [0.25, 0.3) is 0 Å². The molecule has 1 aliphatic heterocycles. The molecule has 8 atom stereocenters. The van der Waals surface area contributed by atoms with Crippen LogP contribution >= 0.6 is 0 Å². The maximum atomic E-state index is 13.4. The minimum atomic E-state index is -1.61. The Morgan fingerprint density at radius 2 is 0.896 bits per heavy atom. The van der Waals surface area contributed by atoms with Crippen molar-refractivity contribution in [1.82, 2.24) is 5.32 Å². The minimum Gasteiger partial charge on any atom is -0.454 e. The normalized spacial score (nSPS) is 19.3. The molecular formula is C66H121NO10. The molecule has 450 valence electrons. The number of ether oxygens (including phenoxy) is 3. The van der Waals surface area contributed by atoms with Gasteiger partial charge in [0.1, 0.15) is 24.4 Å². The van der Waals surface area contributed by atoms with Crippen LogP contribution in [0.1, 0.15) is 297 Å². The lowest BCUT2D eigenvalue weighted by Crippen LogP contribution is -2.61. The Morgan fingerprint density at radius 3 is 1.38 bits per heavy atom. The number of aliphatic hydroxyl groups excluding tert-OH is 5. The number of hydrogen-bond donors (Lipinski definition) is 6. The van der Waals surface area contributed by atoms with E-state index in [0.29, 0.717) is 12.8 Å². The van der Waals surface area contributed by atoms with Gasteiger partial charge in [0, 0.05) is 6.42 Å². The standard InChI is InChI=1S/C66H121NO10/c1-4-7-10-13-16-19-22-25-27-28-29-30-31-32-33-36-39-42-45-48-51-54-61(71)77-64-63(73)62(72)60(55-68)76-66(64)75-56-57(58(69)52-49-46-43-40-37-34-24-21-18-15-12-9-6-3)67-65(74)59(70)53-50-47-44-41-38-35-26-23-20-17-14-11-8-5-2/h16,19-20,23,25,27,49,52,57-60,62-64,66,68-70,72-73H,4-15,17-18,21-22,24,26,28-48,50-51,53-56H2,1-3H3,(H,67,74)/b19-16-,23-20-,27-25-,52-49+. The maximum Gasteiger partial charge on any atom is 0.306 e. The van der Waals surface area contributed by atoms with Gasteiger partial charge >= 0.3 is 5.97 Å². The monoisotopic (exact) mass is 1090 g/mol. The van der Waals surface area contributed by atoms with Crippen LogP contribution in [0.3, 0.4) is 0 Å². The molecule has 6 N–H and O–H groups in total. The fourth-order valence-electron chi connectivity index (χ4n) is 10.0. The summed E-state index contributed by atoms with van der Waals surface area (Å²) >= 11 is 0. The highest BCUT2D eigenvalue weighted by Gasteiger charge is 2.47. The summed E-state index contributed by atoms with van der Waals surface area (Å²) in [7, 11) is 0. The van der Waals surface area contributed by atoms with Crippen molar-refractivity contribution in [3.63, 3.8) is 0 Å². The van der Waals surface area contributed by atoms with Gasteiger partial charge in [-0.1, -0.05) is 256 Å². The summed E-state index contributed by atoms with van der Waals surface area (Å²) in [4.78, 5) is 26.6. The van der Waals surface area contributed by atoms with E-state index in [0.717, 1.165) is 77.0 Å². The van der Waals surface area contributed by atoms with E-state index in [1.807, 2.05) is 6.08 Å². The van der Waals surface area contributed by atoms with Gasteiger partial charge in [-0.2, -0.15) is 0 Å². The fourth-order valence-corrected chi connectivity index (χ4v) is 10.0. The molecule has 77 heavy (non-hydrogen) atoms. The van der Waals surface area contributed by atoms with Crippen molar-refractivity contribution in [3.8, 4) is 0 Å². The predicted octanol–water partition coefficient (Wildman–Crippen LogP) is 15.6. The van der Waals surface area contributed by atoms with Gasteiger partial charge in [0.2, 0.25) is 5.91 Å². The van der Waals surface area contributed by atoms with Gasteiger partial charge in [-0.05, 0) is 83.5 Å². The highest BCUT2D eigenvalue weighted by atomic mass is 16.7. The van der Waals surface area contributed by atoms with Crippen LogP contribution in [0.5, 0.6) is 0 Å². The molecule has 1 fully saturated rings. The zero-order valence-corrected chi connectivity index (χ0v) is 49.8. The van der Waals surface area contributed by atoms with E-state index in [1.54, 1.807) is 6.08 Å². The first kappa shape index (κ1) is 72.6. The third-order valence-electron chi connectivity index (χ3n) is 15.2. The summed E-state index contributed by atoms with van der Waals surface area (Å²) < 4.78 is 17.6. The van der Waals surface area contributed by atoms with Gasteiger partial charge in [0.15, 0.2) is 12.4 Å². The van der Waals surface area contributed by atoms with Gasteiger partial charge in [-0.3, -0.25) is 9.59 Å². The first-order chi connectivity index (χ1) is 37.7. The Morgan fingerprint density at radius 1 is 0.506 bits per heavy atom. The molecule has 0 aromatic heterocycles. The summed E-state index contributed by atoms with van der Waals surface area (Å²) in [6, 6.07) is -1.03. The van der Waals surface area contributed by atoms with Crippen molar-refractivity contribution in [2.45, 2.75) is 346 Å². The van der Waals surface area contributed by atoms with Crippen molar-refractivity contribution in [1.29, 1.82) is 0 Å². The van der Waals surface area contributed by atoms with E-state index in [9.17, 15) is 35.1 Å². The molecule has 0 aromatic carbocycles. The topological polar surface area (TPSA) is 175 Å². The van der Waals surface area contributed by atoms with Gasteiger partial charge in [0.05, 0.1) is 25.4 Å². The van der Waals surface area contributed by atoms with E-state index in [-0.39, 0.29) is 19.4 Å². The Labute approximate surface area is 472 Å². The zero-order valence-electron chi connectivity index (χ0n) is 49.8. The average molecular weight is 1090 g/mol. The van der Waals surface area contributed by atoms with E-state index in [4.69, 9.17) is 14.2 Å². The van der Waals surface area contributed by atoms with Crippen LogP contribution in [0.2, 0.25) is 0 Å². The van der Waals surface area contributed by atoms with Crippen molar-refractivity contribution in [2.75, 3.05) is 13.2 Å². The second-order valence-electron chi connectivity index (χ2n) is 22.5. The van der Waals surface area contributed by atoms with Crippen molar-refractivity contribution in [3.05, 3.63) is 48.6 Å². The van der Waals surface area contributed by atoms with Crippen LogP contribution in [0.4, 0.5) is 0 Å². The summed E-state index contributed by atoms with van der Waals surface area (Å²) in [6.45, 7) is 5.77.